The maximum absolute atomic E-state index is 12.3. The first-order valence-corrected chi connectivity index (χ1v) is 8.30. The van der Waals surface area contributed by atoms with Crippen LogP contribution in [-0.2, 0) is 9.59 Å². The summed E-state index contributed by atoms with van der Waals surface area (Å²) < 4.78 is 5.36. The number of allylic oxidation sites excluding steroid dienone is 1. The van der Waals surface area contributed by atoms with E-state index in [1.807, 2.05) is 0 Å². The number of nitrogens with zero attached hydrogens (tertiary/aromatic N) is 1. The predicted molar refractivity (Wildman–Crippen MR) is 94.2 cm³/mol. The van der Waals surface area contributed by atoms with E-state index >= 15 is 0 Å². The summed E-state index contributed by atoms with van der Waals surface area (Å²) in [5, 5.41) is 8.65. The Morgan fingerprint density at radius 1 is 1.33 bits per heavy atom. The SMILES string of the molecule is COc1ccc(C(=O)C=C2SC(=S)N(CCCC(=O)O)C2=O)cc1. The average Bonchev–Trinajstić information content (AvgIpc) is 2.82. The Labute approximate surface area is 148 Å². The number of benzene rings is 1. The summed E-state index contributed by atoms with van der Waals surface area (Å²) in [6, 6.07) is 6.56. The average molecular weight is 365 g/mol. The third-order valence-corrected chi connectivity index (χ3v) is 4.66. The predicted octanol–water partition coefficient (Wildman–Crippen LogP) is 2.49. The van der Waals surface area contributed by atoms with Crippen LogP contribution in [0.5, 0.6) is 5.75 Å². The minimum atomic E-state index is -0.925. The maximum atomic E-state index is 12.3. The molecule has 1 saturated heterocycles. The molecule has 8 heteroatoms. The zero-order chi connectivity index (χ0) is 17.7. The van der Waals surface area contributed by atoms with E-state index in [-0.39, 0.29) is 29.6 Å². The fraction of sp³-hybridized carbons (Fsp3) is 0.250. The van der Waals surface area contributed by atoms with Crippen LogP contribution in [-0.4, -0.2) is 45.6 Å². The van der Waals surface area contributed by atoms with Crippen LogP contribution in [0, 0.1) is 0 Å². The van der Waals surface area contributed by atoms with Gasteiger partial charge >= 0.3 is 5.97 Å². The lowest BCUT2D eigenvalue weighted by molar-refractivity contribution is -0.137. The number of hydrogen-bond donors (Lipinski definition) is 1. The lowest BCUT2D eigenvalue weighted by Gasteiger charge is -2.13. The minimum absolute atomic E-state index is 0.0408. The van der Waals surface area contributed by atoms with E-state index < -0.39 is 5.97 Å². The van der Waals surface area contributed by atoms with Gasteiger partial charge in [0, 0.05) is 24.6 Å². The first-order valence-electron chi connectivity index (χ1n) is 7.08. The standard InChI is InChI=1S/C16H15NO5S2/c1-22-11-6-4-10(5-7-11)12(18)9-13-15(21)17(16(23)24-13)8-2-3-14(19)20/h4-7,9H,2-3,8H2,1H3,(H,19,20). The van der Waals surface area contributed by atoms with Crippen LogP contribution in [0.25, 0.3) is 0 Å². The molecule has 24 heavy (non-hydrogen) atoms. The molecular formula is C16H15NO5S2. The van der Waals surface area contributed by atoms with E-state index in [4.69, 9.17) is 22.1 Å². The molecule has 1 heterocycles. The third kappa shape index (κ3) is 4.42. The molecule has 1 fully saturated rings. The quantitative estimate of drug-likeness (QED) is 0.451. The zero-order valence-electron chi connectivity index (χ0n) is 12.9. The zero-order valence-corrected chi connectivity index (χ0v) is 14.5. The van der Waals surface area contributed by atoms with Crippen LogP contribution in [0.4, 0.5) is 0 Å². The highest BCUT2D eigenvalue weighted by Gasteiger charge is 2.32. The van der Waals surface area contributed by atoms with Gasteiger partial charge in [0.05, 0.1) is 12.0 Å². The first-order chi connectivity index (χ1) is 11.4. The van der Waals surface area contributed by atoms with E-state index in [0.717, 1.165) is 11.8 Å². The first kappa shape index (κ1) is 18.2. The van der Waals surface area contributed by atoms with E-state index in [0.29, 0.717) is 22.1 Å². The summed E-state index contributed by atoms with van der Waals surface area (Å²) in [4.78, 5) is 36.6. The fourth-order valence-corrected chi connectivity index (χ4v) is 3.32. The van der Waals surface area contributed by atoms with Gasteiger partial charge in [-0.2, -0.15) is 0 Å². The Morgan fingerprint density at radius 2 is 2.00 bits per heavy atom. The molecular weight excluding hydrogens is 350 g/mol. The smallest absolute Gasteiger partial charge is 0.303 e. The van der Waals surface area contributed by atoms with Crippen LogP contribution in [0.2, 0.25) is 0 Å². The number of aliphatic carboxylic acids is 1. The molecule has 0 aromatic heterocycles. The monoisotopic (exact) mass is 365 g/mol. The Bertz CT molecular complexity index is 712. The highest BCUT2D eigenvalue weighted by molar-refractivity contribution is 8.26. The molecule has 0 aliphatic carbocycles. The molecule has 2 rings (SSSR count). The summed E-state index contributed by atoms with van der Waals surface area (Å²) in [6.45, 7) is 0.227. The van der Waals surface area contributed by atoms with Crippen molar-refractivity contribution in [3.63, 3.8) is 0 Å². The number of ether oxygens (including phenoxy) is 1. The van der Waals surface area contributed by atoms with Gasteiger partial charge in [0.1, 0.15) is 10.1 Å². The van der Waals surface area contributed by atoms with Crippen LogP contribution in [0.3, 0.4) is 0 Å². The number of thiocarbonyl (C=S) groups is 1. The Morgan fingerprint density at radius 3 is 2.58 bits per heavy atom. The molecule has 1 amide bonds. The number of rotatable bonds is 7. The second-order valence-electron chi connectivity index (χ2n) is 4.92. The lowest BCUT2D eigenvalue weighted by Crippen LogP contribution is -2.29. The number of hydrogen-bond acceptors (Lipinski definition) is 6. The molecule has 0 atom stereocenters. The van der Waals surface area contributed by atoms with Crippen molar-refractivity contribution in [2.75, 3.05) is 13.7 Å². The number of carbonyl (C=O) groups excluding carboxylic acids is 2. The largest absolute Gasteiger partial charge is 0.497 e. The topological polar surface area (TPSA) is 83.9 Å². The normalized spacial score (nSPS) is 15.9. The van der Waals surface area contributed by atoms with Gasteiger partial charge in [-0.05, 0) is 30.7 Å². The Balaban J connectivity index is 2.06. The van der Waals surface area contributed by atoms with Gasteiger partial charge in [-0.3, -0.25) is 19.3 Å². The molecule has 126 valence electrons. The van der Waals surface area contributed by atoms with Gasteiger partial charge in [0.2, 0.25) is 0 Å². The lowest BCUT2D eigenvalue weighted by atomic mass is 10.1. The Kier molecular flexibility index (Phi) is 6.10. The van der Waals surface area contributed by atoms with Gasteiger partial charge in [0.25, 0.3) is 5.91 Å². The second kappa shape index (κ2) is 8.07. The van der Waals surface area contributed by atoms with Gasteiger partial charge in [0.15, 0.2) is 5.78 Å². The maximum Gasteiger partial charge on any atom is 0.303 e. The van der Waals surface area contributed by atoms with Crippen molar-refractivity contribution in [2.24, 2.45) is 0 Å². The molecule has 1 aliphatic heterocycles. The van der Waals surface area contributed by atoms with Crippen LogP contribution in [0.15, 0.2) is 35.2 Å². The van der Waals surface area contributed by atoms with Gasteiger partial charge in [-0.15, -0.1) is 0 Å². The molecule has 0 unspecified atom stereocenters. The van der Waals surface area contributed by atoms with Crippen molar-refractivity contribution in [2.45, 2.75) is 12.8 Å². The minimum Gasteiger partial charge on any atom is -0.497 e. The molecule has 0 bridgehead atoms. The number of thioether (sulfide) groups is 1. The molecule has 1 aromatic carbocycles. The summed E-state index contributed by atoms with van der Waals surface area (Å²) in [5.41, 5.74) is 0.437. The van der Waals surface area contributed by atoms with Gasteiger partial charge < -0.3 is 9.84 Å². The van der Waals surface area contributed by atoms with Crippen molar-refractivity contribution in [1.82, 2.24) is 4.90 Å². The second-order valence-corrected chi connectivity index (χ2v) is 6.60. The summed E-state index contributed by atoms with van der Waals surface area (Å²) in [7, 11) is 1.53. The van der Waals surface area contributed by atoms with Crippen LogP contribution < -0.4 is 4.74 Å². The Hall–Kier alpha value is -2.19. The highest BCUT2D eigenvalue weighted by atomic mass is 32.2. The van der Waals surface area contributed by atoms with Crippen molar-refractivity contribution in [1.29, 1.82) is 0 Å². The number of carboxylic acids is 1. The van der Waals surface area contributed by atoms with E-state index in [1.54, 1.807) is 24.3 Å². The number of amides is 1. The number of carboxylic acid groups (broad SMARTS) is 1. The van der Waals surface area contributed by atoms with Crippen molar-refractivity contribution in [3.05, 3.63) is 40.8 Å². The molecule has 0 spiro atoms. The summed E-state index contributed by atoms with van der Waals surface area (Å²) in [6.07, 6.45) is 1.53. The molecule has 0 saturated carbocycles. The van der Waals surface area contributed by atoms with Crippen LogP contribution in [0.1, 0.15) is 23.2 Å². The number of carbonyl (C=O) groups is 3. The molecule has 6 nitrogen and oxygen atoms in total. The summed E-state index contributed by atoms with van der Waals surface area (Å²) in [5.74, 6) is -0.956. The molecule has 1 aromatic rings. The highest BCUT2D eigenvalue weighted by Crippen LogP contribution is 2.31. The van der Waals surface area contributed by atoms with Gasteiger partial charge in [-0.1, -0.05) is 24.0 Å². The van der Waals surface area contributed by atoms with E-state index in [9.17, 15) is 14.4 Å². The molecule has 0 radical (unpaired) electrons. The van der Waals surface area contributed by atoms with Crippen molar-refractivity contribution >= 4 is 46.0 Å². The van der Waals surface area contributed by atoms with Gasteiger partial charge in [-0.25, -0.2) is 0 Å². The van der Waals surface area contributed by atoms with Crippen molar-refractivity contribution in [3.8, 4) is 5.75 Å². The van der Waals surface area contributed by atoms with Crippen molar-refractivity contribution < 1.29 is 24.2 Å². The number of ketones is 1. The van der Waals surface area contributed by atoms with Crippen LogP contribution >= 0.6 is 24.0 Å². The third-order valence-electron chi connectivity index (χ3n) is 3.28. The number of methoxy groups -OCH3 is 1. The van der Waals surface area contributed by atoms with E-state index in [2.05, 4.69) is 0 Å². The fourth-order valence-electron chi connectivity index (χ4n) is 2.04. The molecule has 1 aliphatic rings. The van der Waals surface area contributed by atoms with E-state index in [1.165, 1.54) is 18.1 Å². The molecule has 1 N–H and O–H groups in total. The summed E-state index contributed by atoms with van der Waals surface area (Å²) >= 11 is 6.18.